The minimum absolute atomic E-state index is 0.00556. The van der Waals surface area contributed by atoms with E-state index >= 15 is 0 Å². The molecule has 0 spiro atoms. The van der Waals surface area contributed by atoms with Crippen LogP contribution in [0.3, 0.4) is 0 Å². The molecular weight excluding hydrogens is 320 g/mol. The molecule has 8 heteroatoms. The number of halogens is 2. The van der Waals surface area contributed by atoms with Gasteiger partial charge in [0.2, 0.25) is 0 Å². The normalized spacial score (nSPS) is 11.4. The van der Waals surface area contributed by atoms with Crippen molar-refractivity contribution in [2.45, 2.75) is 13.5 Å². The molecule has 0 saturated carbocycles. The van der Waals surface area contributed by atoms with Crippen LogP contribution in [0.15, 0.2) is 47.6 Å². The summed E-state index contributed by atoms with van der Waals surface area (Å²) in [5, 5.41) is 3.56. The molecule has 0 fully saturated rings. The summed E-state index contributed by atoms with van der Waals surface area (Å²) in [5.41, 5.74) is 13.3. The number of alkyl halides is 2. The van der Waals surface area contributed by atoms with Crippen LogP contribution >= 0.6 is 0 Å². The molecule has 0 aliphatic rings. The summed E-state index contributed by atoms with van der Waals surface area (Å²) in [5.74, 6) is -1.06. The number of ether oxygens (including phenoxy) is 1. The number of hydrogen-bond acceptors (Lipinski definition) is 5. The maximum Gasteiger partial charge on any atom is 0.387 e. The van der Waals surface area contributed by atoms with Crippen molar-refractivity contribution in [3.8, 4) is 5.75 Å². The molecule has 6 nitrogen and oxygen atoms in total. The number of hydrogen-bond donors (Lipinski definition) is 2. The Kier molecular flexibility index (Phi) is 5.31. The van der Waals surface area contributed by atoms with Crippen molar-refractivity contribution in [3.63, 3.8) is 0 Å². The lowest BCUT2D eigenvalue weighted by molar-refractivity contribution is -0.0499. The molecule has 24 heavy (non-hydrogen) atoms. The van der Waals surface area contributed by atoms with E-state index < -0.39 is 12.6 Å². The van der Waals surface area contributed by atoms with Gasteiger partial charge < -0.3 is 21.0 Å². The second kappa shape index (κ2) is 7.40. The highest BCUT2D eigenvalue weighted by atomic mass is 19.3. The zero-order valence-corrected chi connectivity index (χ0v) is 12.7. The van der Waals surface area contributed by atoms with Crippen molar-refractivity contribution >= 4 is 17.5 Å². The van der Waals surface area contributed by atoms with Crippen molar-refractivity contribution < 1.29 is 23.1 Å². The molecule has 0 aliphatic carbocycles. The zero-order valence-electron chi connectivity index (χ0n) is 12.7. The van der Waals surface area contributed by atoms with Gasteiger partial charge in [-0.05, 0) is 36.8 Å². The van der Waals surface area contributed by atoms with Crippen LogP contribution in [-0.2, 0) is 4.84 Å². The molecule has 2 aromatic carbocycles. The molecule has 0 bridgehead atoms. The third-order valence-corrected chi connectivity index (χ3v) is 3.17. The predicted octanol–water partition coefficient (Wildman–Crippen LogP) is 2.66. The first-order chi connectivity index (χ1) is 11.4. The van der Waals surface area contributed by atoms with E-state index in [9.17, 15) is 13.6 Å². The van der Waals surface area contributed by atoms with Crippen molar-refractivity contribution in [3.05, 3.63) is 59.2 Å². The fraction of sp³-hybridized carbons (Fsp3) is 0.125. The van der Waals surface area contributed by atoms with E-state index in [-0.39, 0.29) is 17.1 Å². The monoisotopic (exact) mass is 335 g/mol. The Balaban J connectivity index is 2.13. The number of carbonyl (C=O) groups is 1. The standard InChI is InChI=1S/C16H15F2N3O3/c1-9-12(6-3-7-13(9)19)14(20)21-24-15(22)10-4-2-5-11(8-10)23-16(17)18/h2-8,16H,19H2,1H3,(H2,20,21). The summed E-state index contributed by atoms with van der Waals surface area (Å²) in [6, 6.07) is 10.2. The van der Waals surface area contributed by atoms with Crippen LogP contribution in [-0.4, -0.2) is 18.4 Å². The zero-order chi connectivity index (χ0) is 17.7. The molecule has 0 atom stereocenters. The lowest BCUT2D eigenvalue weighted by atomic mass is 10.1. The van der Waals surface area contributed by atoms with E-state index in [1.165, 1.54) is 18.2 Å². The smallest absolute Gasteiger partial charge is 0.387 e. The van der Waals surface area contributed by atoms with Crippen LogP contribution < -0.4 is 16.2 Å². The van der Waals surface area contributed by atoms with Gasteiger partial charge >= 0.3 is 12.6 Å². The van der Waals surface area contributed by atoms with Crippen molar-refractivity contribution in [2.75, 3.05) is 5.73 Å². The van der Waals surface area contributed by atoms with Crippen LogP contribution in [0, 0.1) is 6.92 Å². The second-order valence-corrected chi connectivity index (χ2v) is 4.78. The van der Waals surface area contributed by atoms with Gasteiger partial charge in [0.05, 0.1) is 5.56 Å². The lowest BCUT2D eigenvalue weighted by Crippen LogP contribution is -2.17. The van der Waals surface area contributed by atoms with Gasteiger partial charge in [0.25, 0.3) is 0 Å². The number of nitrogen functional groups attached to an aromatic ring is 1. The van der Waals surface area contributed by atoms with Crippen LogP contribution in [0.5, 0.6) is 5.75 Å². The summed E-state index contributed by atoms with van der Waals surface area (Å²) >= 11 is 0. The topological polar surface area (TPSA) is 99.9 Å². The highest BCUT2D eigenvalue weighted by Crippen LogP contribution is 2.17. The Morgan fingerprint density at radius 1 is 1.21 bits per heavy atom. The molecule has 2 aromatic rings. The van der Waals surface area contributed by atoms with Crippen LogP contribution in [0.2, 0.25) is 0 Å². The lowest BCUT2D eigenvalue weighted by Gasteiger charge is -2.07. The number of carbonyl (C=O) groups excluding carboxylic acids is 1. The van der Waals surface area contributed by atoms with Gasteiger partial charge in [-0.2, -0.15) is 8.78 Å². The maximum atomic E-state index is 12.2. The molecule has 4 N–H and O–H groups in total. The van der Waals surface area contributed by atoms with E-state index in [0.717, 1.165) is 6.07 Å². The first-order valence-electron chi connectivity index (χ1n) is 6.83. The number of rotatable bonds is 5. The Hall–Kier alpha value is -3.16. The average molecular weight is 335 g/mol. The van der Waals surface area contributed by atoms with E-state index in [1.54, 1.807) is 25.1 Å². The fourth-order valence-electron chi connectivity index (χ4n) is 1.92. The maximum absolute atomic E-state index is 12.2. The Morgan fingerprint density at radius 2 is 1.92 bits per heavy atom. The summed E-state index contributed by atoms with van der Waals surface area (Å²) in [6.07, 6.45) is 0. The summed E-state index contributed by atoms with van der Waals surface area (Å²) < 4.78 is 28.6. The largest absolute Gasteiger partial charge is 0.435 e. The molecule has 0 unspecified atom stereocenters. The van der Waals surface area contributed by atoms with Crippen LogP contribution in [0.1, 0.15) is 21.5 Å². The highest BCUT2D eigenvalue weighted by Gasteiger charge is 2.12. The van der Waals surface area contributed by atoms with Gasteiger partial charge in [-0.1, -0.05) is 23.4 Å². The van der Waals surface area contributed by atoms with Gasteiger partial charge in [0.1, 0.15) is 5.75 Å². The molecule has 0 aromatic heterocycles. The van der Waals surface area contributed by atoms with E-state index in [1.807, 2.05) is 0 Å². The summed E-state index contributed by atoms with van der Waals surface area (Å²) in [6.45, 7) is -1.24. The Labute approximate surface area is 136 Å². The summed E-state index contributed by atoms with van der Waals surface area (Å²) in [7, 11) is 0. The van der Waals surface area contributed by atoms with Gasteiger partial charge in [0, 0.05) is 11.3 Å². The first-order valence-corrected chi connectivity index (χ1v) is 6.83. The number of nitrogens with zero attached hydrogens (tertiary/aromatic N) is 1. The molecule has 0 heterocycles. The second-order valence-electron chi connectivity index (χ2n) is 4.78. The number of oxime groups is 1. The van der Waals surface area contributed by atoms with E-state index in [2.05, 4.69) is 9.89 Å². The molecule has 2 rings (SSSR count). The van der Waals surface area contributed by atoms with E-state index in [0.29, 0.717) is 16.8 Å². The molecule has 0 amide bonds. The van der Waals surface area contributed by atoms with Crippen molar-refractivity contribution in [2.24, 2.45) is 10.9 Å². The predicted molar refractivity (Wildman–Crippen MR) is 84.8 cm³/mol. The minimum Gasteiger partial charge on any atom is -0.435 e. The van der Waals surface area contributed by atoms with Crippen LogP contribution in [0.25, 0.3) is 0 Å². The van der Waals surface area contributed by atoms with Crippen molar-refractivity contribution in [1.29, 1.82) is 0 Å². The third kappa shape index (κ3) is 4.19. The number of nitrogens with two attached hydrogens (primary N) is 2. The molecule has 126 valence electrons. The first kappa shape index (κ1) is 17.2. The Morgan fingerprint density at radius 3 is 2.62 bits per heavy atom. The quantitative estimate of drug-likeness (QED) is 0.288. The van der Waals surface area contributed by atoms with Gasteiger partial charge in [-0.25, -0.2) is 4.79 Å². The molecular formula is C16H15F2N3O3. The van der Waals surface area contributed by atoms with Crippen LogP contribution in [0.4, 0.5) is 14.5 Å². The number of amidine groups is 1. The minimum atomic E-state index is -2.99. The molecule has 0 aliphatic heterocycles. The summed E-state index contributed by atoms with van der Waals surface area (Å²) in [4.78, 5) is 16.7. The van der Waals surface area contributed by atoms with Gasteiger partial charge in [0.15, 0.2) is 5.84 Å². The highest BCUT2D eigenvalue weighted by molar-refractivity contribution is 6.00. The Bertz CT molecular complexity index is 779. The number of benzene rings is 2. The van der Waals surface area contributed by atoms with Gasteiger partial charge in [-0.3, -0.25) is 0 Å². The fourth-order valence-corrected chi connectivity index (χ4v) is 1.92. The average Bonchev–Trinajstić information content (AvgIpc) is 2.54. The molecule has 0 radical (unpaired) electrons. The number of anilines is 1. The molecule has 0 saturated heterocycles. The van der Waals surface area contributed by atoms with Crippen molar-refractivity contribution in [1.82, 2.24) is 0 Å². The third-order valence-electron chi connectivity index (χ3n) is 3.17. The van der Waals surface area contributed by atoms with Gasteiger partial charge in [-0.15, -0.1) is 0 Å². The SMILES string of the molecule is Cc1c(N)cccc1/C(N)=N/OC(=O)c1cccc(OC(F)F)c1. The van der Waals surface area contributed by atoms with E-state index in [4.69, 9.17) is 16.3 Å².